The van der Waals surface area contributed by atoms with Gasteiger partial charge < -0.3 is 4.74 Å². The number of anilines is 1. The van der Waals surface area contributed by atoms with E-state index >= 15 is 0 Å². The van der Waals surface area contributed by atoms with Gasteiger partial charge in [-0.3, -0.25) is 9.10 Å². The molecule has 0 saturated heterocycles. The number of amides is 1. The van der Waals surface area contributed by atoms with Gasteiger partial charge in [0, 0.05) is 0 Å². The fourth-order valence-corrected chi connectivity index (χ4v) is 3.86. The van der Waals surface area contributed by atoms with Gasteiger partial charge in [-0.25, -0.2) is 18.6 Å². The zero-order valence-electron chi connectivity index (χ0n) is 18.8. The molecule has 0 saturated carbocycles. The van der Waals surface area contributed by atoms with Gasteiger partial charge in [-0.1, -0.05) is 37.3 Å². The van der Waals surface area contributed by atoms with Gasteiger partial charge in [0.15, 0.2) is 0 Å². The molecule has 0 aliphatic carbocycles. The van der Waals surface area contributed by atoms with Gasteiger partial charge in [0.25, 0.3) is 5.91 Å². The van der Waals surface area contributed by atoms with E-state index in [9.17, 15) is 18.0 Å². The van der Waals surface area contributed by atoms with E-state index in [0.717, 1.165) is 22.5 Å². The summed E-state index contributed by atoms with van der Waals surface area (Å²) in [4.78, 5) is 24.4. The number of rotatable bonds is 9. The fraction of sp³-hybridized carbons (Fsp3) is 0.160. The summed E-state index contributed by atoms with van der Waals surface area (Å²) in [6, 6.07) is 22.2. The molecule has 0 aromatic heterocycles. The van der Waals surface area contributed by atoms with Crippen LogP contribution in [0.1, 0.15) is 28.4 Å². The Labute approximate surface area is 198 Å². The molecule has 0 aliphatic heterocycles. The third kappa shape index (κ3) is 7.01. The quantitative estimate of drug-likeness (QED) is 0.219. The van der Waals surface area contributed by atoms with Gasteiger partial charge in [0.1, 0.15) is 12.3 Å². The minimum absolute atomic E-state index is 0.368. The van der Waals surface area contributed by atoms with E-state index in [1.54, 1.807) is 60.7 Å². The molecule has 3 rings (SSSR count). The summed E-state index contributed by atoms with van der Waals surface area (Å²) in [6.07, 6.45) is 3.27. The third-order valence-corrected chi connectivity index (χ3v) is 5.96. The van der Waals surface area contributed by atoms with E-state index in [1.165, 1.54) is 6.21 Å². The highest BCUT2D eigenvalue weighted by Crippen LogP contribution is 2.18. The Hall–Kier alpha value is -3.98. The normalized spacial score (nSPS) is 11.2. The lowest BCUT2D eigenvalue weighted by Crippen LogP contribution is -2.39. The predicted molar refractivity (Wildman–Crippen MR) is 132 cm³/mol. The standard InChI is InChI=1S/C25H25N3O5S/c1-3-19-9-13-22(14-10-19)28(34(2,31)32)18-24(29)27-26-17-20-11-15-23(16-12-20)33-25(30)21-7-5-4-6-8-21/h4-17H,3,18H2,1-2H3,(H,27,29)/b26-17+. The van der Waals surface area contributed by atoms with E-state index in [-0.39, 0.29) is 0 Å². The largest absolute Gasteiger partial charge is 0.423 e. The Morgan fingerprint density at radius 1 is 0.971 bits per heavy atom. The lowest BCUT2D eigenvalue weighted by atomic mass is 10.1. The van der Waals surface area contributed by atoms with Crippen LogP contribution in [0.5, 0.6) is 5.75 Å². The zero-order valence-corrected chi connectivity index (χ0v) is 19.7. The molecule has 8 nitrogen and oxygen atoms in total. The number of nitrogens with one attached hydrogen (secondary N) is 1. The summed E-state index contributed by atoms with van der Waals surface area (Å²) >= 11 is 0. The number of benzene rings is 3. The van der Waals surface area contributed by atoms with Crippen molar-refractivity contribution in [2.75, 3.05) is 17.1 Å². The van der Waals surface area contributed by atoms with E-state index in [4.69, 9.17) is 4.74 Å². The summed E-state index contributed by atoms with van der Waals surface area (Å²) in [5.41, 5.74) is 4.89. The van der Waals surface area contributed by atoms with Crippen molar-refractivity contribution in [2.24, 2.45) is 5.10 Å². The number of hydrogen-bond donors (Lipinski definition) is 1. The number of carbonyl (C=O) groups excluding carboxylic acids is 2. The number of hydrogen-bond acceptors (Lipinski definition) is 6. The average Bonchev–Trinajstić information content (AvgIpc) is 2.83. The van der Waals surface area contributed by atoms with E-state index in [2.05, 4.69) is 10.5 Å². The summed E-state index contributed by atoms with van der Waals surface area (Å²) in [5, 5.41) is 3.88. The molecule has 9 heteroatoms. The monoisotopic (exact) mass is 479 g/mol. The van der Waals surface area contributed by atoms with Gasteiger partial charge >= 0.3 is 5.97 Å². The summed E-state index contributed by atoms with van der Waals surface area (Å²) in [5.74, 6) is -0.684. The van der Waals surface area contributed by atoms with Gasteiger partial charge in [-0.05, 0) is 66.1 Å². The van der Waals surface area contributed by atoms with Gasteiger partial charge in [-0.2, -0.15) is 5.10 Å². The van der Waals surface area contributed by atoms with Crippen molar-refractivity contribution in [1.82, 2.24) is 5.43 Å². The first kappa shape index (κ1) is 24.7. The van der Waals surface area contributed by atoms with E-state index in [1.807, 2.05) is 25.1 Å². The van der Waals surface area contributed by atoms with Crippen LogP contribution in [0.2, 0.25) is 0 Å². The number of ether oxygens (including phenoxy) is 1. The van der Waals surface area contributed by atoms with Crippen molar-refractivity contribution in [1.29, 1.82) is 0 Å². The summed E-state index contributed by atoms with van der Waals surface area (Å²) in [6.45, 7) is 1.59. The van der Waals surface area contributed by atoms with Gasteiger partial charge in [-0.15, -0.1) is 0 Å². The Kier molecular flexibility index (Phi) is 8.15. The molecule has 1 N–H and O–H groups in total. The van der Waals surface area contributed by atoms with Crippen LogP contribution >= 0.6 is 0 Å². The number of esters is 1. The maximum Gasteiger partial charge on any atom is 0.343 e. The Bertz CT molecular complexity index is 1260. The number of hydrazone groups is 1. The second-order valence-electron chi connectivity index (χ2n) is 7.41. The highest BCUT2D eigenvalue weighted by molar-refractivity contribution is 7.92. The first-order valence-electron chi connectivity index (χ1n) is 10.5. The van der Waals surface area contributed by atoms with Crippen LogP contribution in [0.4, 0.5) is 5.69 Å². The topological polar surface area (TPSA) is 105 Å². The molecule has 0 atom stereocenters. The third-order valence-electron chi connectivity index (χ3n) is 4.82. The second kappa shape index (κ2) is 11.2. The maximum absolute atomic E-state index is 12.3. The number of carbonyl (C=O) groups is 2. The fourth-order valence-electron chi connectivity index (χ4n) is 3.00. The summed E-state index contributed by atoms with van der Waals surface area (Å²) < 4.78 is 30.7. The van der Waals surface area contributed by atoms with Crippen LogP contribution in [0.15, 0.2) is 84.0 Å². The summed E-state index contributed by atoms with van der Waals surface area (Å²) in [7, 11) is -3.67. The van der Waals surface area contributed by atoms with Crippen molar-refractivity contribution in [2.45, 2.75) is 13.3 Å². The smallest absolute Gasteiger partial charge is 0.343 e. The van der Waals surface area contributed by atoms with Crippen LogP contribution in [0.25, 0.3) is 0 Å². The van der Waals surface area contributed by atoms with Crippen molar-refractivity contribution < 1.29 is 22.7 Å². The predicted octanol–water partition coefficient (Wildman–Crippen LogP) is 3.38. The lowest BCUT2D eigenvalue weighted by Gasteiger charge is -2.21. The highest BCUT2D eigenvalue weighted by Gasteiger charge is 2.20. The molecule has 3 aromatic rings. The zero-order chi connectivity index (χ0) is 24.6. The second-order valence-corrected chi connectivity index (χ2v) is 9.31. The van der Waals surface area contributed by atoms with Crippen molar-refractivity contribution >= 4 is 33.8 Å². The van der Waals surface area contributed by atoms with Crippen molar-refractivity contribution in [3.8, 4) is 5.75 Å². The lowest BCUT2D eigenvalue weighted by molar-refractivity contribution is -0.119. The molecule has 0 fully saturated rings. The first-order chi connectivity index (χ1) is 16.3. The van der Waals surface area contributed by atoms with Gasteiger partial charge in [0.05, 0.1) is 23.7 Å². The Morgan fingerprint density at radius 2 is 1.62 bits per heavy atom. The Balaban J connectivity index is 1.57. The Morgan fingerprint density at radius 3 is 2.21 bits per heavy atom. The molecule has 3 aromatic carbocycles. The van der Waals surface area contributed by atoms with Crippen LogP contribution in [-0.4, -0.2) is 39.3 Å². The molecule has 34 heavy (non-hydrogen) atoms. The molecule has 0 unspecified atom stereocenters. The molecule has 0 radical (unpaired) electrons. The number of sulfonamides is 1. The number of aryl methyl sites for hydroxylation is 1. The molecular formula is C25H25N3O5S. The molecular weight excluding hydrogens is 454 g/mol. The molecule has 1 amide bonds. The van der Waals surface area contributed by atoms with Crippen LogP contribution in [0.3, 0.4) is 0 Å². The molecule has 0 aliphatic rings. The van der Waals surface area contributed by atoms with E-state index < -0.39 is 28.4 Å². The van der Waals surface area contributed by atoms with Crippen LogP contribution in [0, 0.1) is 0 Å². The molecule has 0 spiro atoms. The van der Waals surface area contributed by atoms with Gasteiger partial charge in [0.2, 0.25) is 10.0 Å². The van der Waals surface area contributed by atoms with Crippen molar-refractivity contribution in [3.05, 3.63) is 95.6 Å². The first-order valence-corrected chi connectivity index (χ1v) is 12.4. The molecule has 0 heterocycles. The number of nitrogens with zero attached hydrogens (tertiary/aromatic N) is 2. The minimum atomic E-state index is -3.67. The SMILES string of the molecule is CCc1ccc(N(CC(=O)N/N=C/c2ccc(OC(=O)c3ccccc3)cc2)S(C)(=O)=O)cc1. The maximum atomic E-state index is 12.3. The van der Waals surface area contributed by atoms with E-state index in [0.29, 0.717) is 22.6 Å². The average molecular weight is 480 g/mol. The molecule has 176 valence electrons. The van der Waals surface area contributed by atoms with Crippen LogP contribution in [-0.2, 0) is 21.2 Å². The van der Waals surface area contributed by atoms with Crippen LogP contribution < -0.4 is 14.5 Å². The van der Waals surface area contributed by atoms with Crippen molar-refractivity contribution in [3.63, 3.8) is 0 Å². The molecule has 0 bridgehead atoms. The minimum Gasteiger partial charge on any atom is -0.423 e. The highest BCUT2D eigenvalue weighted by atomic mass is 32.2.